The molecule has 2 heterocycles. The first-order valence-corrected chi connectivity index (χ1v) is 19.4. The van der Waals surface area contributed by atoms with Gasteiger partial charge in [0.15, 0.2) is 0 Å². The van der Waals surface area contributed by atoms with Crippen molar-refractivity contribution < 1.29 is 0 Å². The number of benzene rings is 8. The highest BCUT2D eigenvalue weighted by atomic mass is 15.0. The molecule has 0 fully saturated rings. The number of hydrogen-bond donors (Lipinski definition) is 0. The van der Waals surface area contributed by atoms with Gasteiger partial charge in [0, 0.05) is 40.0 Å². The molecule has 0 atom stereocenters. The first kappa shape index (κ1) is 32.7. The van der Waals surface area contributed by atoms with Crippen LogP contribution in [0.2, 0.25) is 0 Å². The highest BCUT2D eigenvalue weighted by molar-refractivity contribution is 6.22. The molecule has 0 radical (unpaired) electrons. The quantitative estimate of drug-likeness (QED) is 0.156. The zero-order valence-corrected chi connectivity index (χ0v) is 31.0. The maximum atomic E-state index is 4.51. The molecule has 2 aromatic heterocycles. The lowest BCUT2D eigenvalue weighted by molar-refractivity contribution is 1.17. The van der Waals surface area contributed by atoms with Gasteiger partial charge in [-0.1, -0.05) is 146 Å². The summed E-state index contributed by atoms with van der Waals surface area (Å²) in [6.07, 6.45) is 3.86. The fourth-order valence-electron chi connectivity index (χ4n) is 8.72. The smallest absolute Gasteiger partial charge is 0.0571 e. The van der Waals surface area contributed by atoms with Crippen LogP contribution in [0.3, 0.4) is 0 Å². The number of fused-ring (bicyclic) bond motifs is 5. The predicted octanol–water partition coefficient (Wildman–Crippen LogP) is 14.4. The zero-order valence-electron chi connectivity index (χ0n) is 31.0. The Morgan fingerprint density at radius 1 is 0.368 bits per heavy atom. The van der Waals surface area contributed by atoms with Crippen molar-refractivity contribution in [3.8, 4) is 61.3 Å². The molecule has 0 bridgehead atoms. The van der Waals surface area contributed by atoms with Crippen LogP contribution >= 0.6 is 0 Å². The van der Waals surface area contributed by atoms with Gasteiger partial charge in [0.25, 0.3) is 0 Å². The summed E-state index contributed by atoms with van der Waals surface area (Å²) < 4.78 is 2.33. The molecule has 57 heavy (non-hydrogen) atoms. The third kappa shape index (κ3) is 5.57. The Kier molecular flexibility index (Phi) is 7.76. The lowest BCUT2D eigenvalue weighted by Gasteiger charge is -2.18. The second-order valence-corrected chi connectivity index (χ2v) is 14.6. The summed E-state index contributed by atoms with van der Waals surface area (Å²) in [4.78, 5) is 4.51. The molecule has 11 aromatic rings. The highest BCUT2D eigenvalue weighted by Crippen LogP contribution is 2.45. The molecular formula is C55H34N2. The Hall–Kier alpha value is -7.73. The van der Waals surface area contributed by atoms with Crippen molar-refractivity contribution in [3.63, 3.8) is 0 Å². The van der Waals surface area contributed by atoms with E-state index in [0.717, 1.165) is 22.2 Å². The van der Waals surface area contributed by atoms with Gasteiger partial charge in [0.1, 0.15) is 0 Å². The van der Waals surface area contributed by atoms with Crippen molar-refractivity contribution in [2.45, 2.75) is 0 Å². The second-order valence-electron chi connectivity index (χ2n) is 14.6. The Morgan fingerprint density at radius 3 is 1.61 bits per heavy atom. The minimum atomic E-state index is 1.04. The topological polar surface area (TPSA) is 17.8 Å². The maximum absolute atomic E-state index is 4.51. The van der Waals surface area contributed by atoms with E-state index in [9.17, 15) is 0 Å². The Labute approximate surface area is 331 Å². The summed E-state index contributed by atoms with van der Waals surface area (Å²) >= 11 is 0. The average molecular weight is 723 g/mol. The largest absolute Gasteiger partial charge is 0.309 e. The summed E-state index contributed by atoms with van der Waals surface area (Å²) in [5, 5.41) is 7.20. The van der Waals surface area contributed by atoms with Crippen molar-refractivity contribution in [3.05, 3.63) is 219 Å². The average Bonchev–Trinajstić information content (AvgIpc) is 3.62. The summed E-state index contributed by atoms with van der Waals surface area (Å²) in [6.45, 7) is 0. The third-order valence-corrected chi connectivity index (χ3v) is 11.3. The standard InChI is InChI=1S/C55H34N2/c1-4-14-37(15-5-1)54-46-24-10-11-25-47(46)55(38-16-6-2-7-17-38)50-35-43(26-28-48(50)54)41-20-12-18-39(32-41)40-19-13-21-42(33-40)44-27-29-52-49(34-44)51-36-56-31-30-53(51)57(52)45-22-8-3-9-23-45/h1-6,8-16,18-36H. The van der Waals surface area contributed by atoms with Crippen LogP contribution in [-0.2, 0) is 0 Å². The summed E-state index contributed by atoms with van der Waals surface area (Å²) in [6, 6.07) is 76.6. The van der Waals surface area contributed by atoms with E-state index in [0.29, 0.717) is 0 Å². The van der Waals surface area contributed by atoms with Gasteiger partial charge in [-0.15, -0.1) is 0 Å². The number of aromatic nitrogens is 2. The number of nitrogens with zero attached hydrogens (tertiary/aromatic N) is 2. The van der Waals surface area contributed by atoms with Crippen molar-refractivity contribution in [1.82, 2.24) is 9.55 Å². The van der Waals surface area contributed by atoms with Crippen molar-refractivity contribution in [2.75, 3.05) is 0 Å². The van der Waals surface area contributed by atoms with E-state index >= 15 is 0 Å². The van der Waals surface area contributed by atoms with Crippen LogP contribution < -0.4 is 0 Å². The Bertz CT molecular complexity index is 3270. The molecule has 0 saturated carbocycles. The van der Waals surface area contributed by atoms with E-state index in [1.165, 1.54) is 82.5 Å². The molecule has 2 heteroatoms. The molecular weight excluding hydrogens is 689 g/mol. The van der Waals surface area contributed by atoms with Gasteiger partial charge in [-0.3, -0.25) is 4.98 Å². The van der Waals surface area contributed by atoms with Crippen molar-refractivity contribution in [1.29, 1.82) is 0 Å². The molecule has 0 aliphatic rings. The first-order valence-electron chi connectivity index (χ1n) is 19.4. The first-order chi connectivity index (χ1) is 28.3. The van der Waals surface area contributed by atoms with E-state index in [1.807, 2.05) is 18.5 Å². The maximum Gasteiger partial charge on any atom is 0.0571 e. The van der Waals surface area contributed by atoms with Crippen LogP contribution in [0.4, 0.5) is 0 Å². The van der Waals surface area contributed by atoms with Crippen LogP contribution in [0.15, 0.2) is 207 Å². The van der Waals surface area contributed by atoms with E-state index < -0.39 is 0 Å². The third-order valence-electron chi connectivity index (χ3n) is 11.3. The minimum absolute atomic E-state index is 1.04. The lowest BCUT2D eigenvalue weighted by Crippen LogP contribution is -1.93. The normalized spacial score (nSPS) is 11.4. The van der Waals surface area contributed by atoms with Gasteiger partial charge in [0.2, 0.25) is 0 Å². The number of pyridine rings is 1. The molecule has 264 valence electrons. The van der Waals surface area contributed by atoms with Gasteiger partial charge >= 0.3 is 0 Å². The molecule has 0 unspecified atom stereocenters. The van der Waals surface area contributed by atoms with Crippen molar-refractivity contribution >= 4 is 43.4 Å². The number of para-hydroxylation sites is 1. The molecule has 0 aliphatic carbocycles. The number of rotatable bonds is 6. The number of hydrogen-bond acceptors (Lipinski definition) is 1. The van der Waals surface area contributed by atoms with E-state index in [2.05, 4.69) is 210 Å². The van der Waals surface area contributed by atoms with Gasteiger partial charge in [-0.05, 0) is 127 Å². The van der Waals surface area contributed by atoms with Crippen LogP contribution in [0.25, 0.3) is 105 Å². The van der Waals surface area contributed by atoms with Crippen LogP contribution in [0, 0.1) is 12.1 Å². The Balaban J connectivity index is 1.03. The summed E-state index contributed by atoms with van der Waals surface area (Å²) in [5.41, 5.74) is 15.2. The molecule has 0 amide bonds. The molecule has 0 N–H and O–H groups in total. The van der Waals surface area contributed by atoms with Gasteiger partial charge in [-0.25, -0.2) is 0 Å². The zero-order chi connectivity index (χ0) is 37.7. The summed E-state index contributed by atoms with van der Waals surface area (Å²) in [7, 11) is 0. The fourth-order valence-corrected chi connectivity index (χ4v) is 8.72. The summed E-state index contributed by atoms with van der Waals surface area (Å²) in [5.74, 6) is 0. The monoisotopic (exact) mass is 722 g/mol. The molecule has 0 aliphatic heterocycles. The minimum Gasteiger partial charge on any atom is -0.309 e. The van der Waals surface area contributed by atoms with E-state index in [1.54, 1.807) is 0 Å². The predicted molar refractivity (Wildman–Crippen MR) is 238 cm³/mol. The Morgan fingerprint density at radius 2 is 0.930 bits per heavy atom. The fraction of sp³-hybridized carbons (Fsp3) is 0. The molecule has 2 nitrogen and oxygen atoms in total. The van der Waals surface area contributed by atoms with Gasteiger partial charge in [-0.2, -0.15) is 0 Å². The molecule has 11 rings (SSSR count). The van der Waals surface area contributed by atoms with Gasteiger partial charge in [0.05, 0.1) is 11.0 Å². The molecule has 9 aromatic carbocycles. The SMILES string of the molecule is c1cccc(-c2c3ccccc3c(-c3ccccc3)c3ccc(-c4cccc(-c5cccc(-c6ccc7c(c6)c6cnccc6n7-c6ccccc6)c5)c4)cc23)c#1. The molecule has 0 spiro atoms. The molecule has 0 saturated heterocycles. The van der Waals surface area contributed by atoms with Crippen molar-refractivity contribution in [2.24, 2.45) is 0 Å². The van der Waals surface area contributed by atoms with E-state index in [4.69, 9.17) is 0 Å². The van der Waals surface area contributed by atoms with Crippen LogP contribution in [0.5, 0.6) is 0 Å². The van der Waals surface area contributed by atoms with E-state index in [-0.39, 0.29) is 0 Å². The van der Waals surface area contributed by atoms with Crippen LogP contribution in [0.1, 0.15) is 0 Å². The van der Waals surface area contributed by atoms with Crippen LogP contribution in [-0.4, -0.2) is 9.55 Å². The lowest BCUT2D eigenvalue weighted by atomic mass is 9.85. The second kappa shape index (κ2) is 13.5. The van der Waals surface area contributed by atoms with Gasteiger partial charge < -0.3 is 4.57 Å². The highest BCUT2D eigenvalue weighted by Gasteiger charge is 2.18.